The molecule has 2 heteroatoms. The minimum absolute atomic E-state index is 0.109. The van der Waals surface area contributed by atoms with Gasteiger partial charge in [0, 0.05) is 6.92 Å². The van der Waals surface area contributed by atoms with Crippen molar-refractivity contribution < 1.29 is 9.53 Å². The van der Waals surface area contributed by atoms with E-state index in [2.05, 4.69) is 60.6 Å². The number of rotatable bonds is 6. The van der Waals surface area contributed by atoms with Gasteiger partial charge < -0.3 is 4.74 Å². The molecule has 8 unspecified atom stereocenters. The molecule has 2 nitrogen and oxygen atoms in total. The molecule has 0 aromatic heterocycles. The molecule has 0 aliphatic heterocycles. The summed E-state index contributed by atoms with van der Waals surface area (Å²) in [4.78, 5) is 11.6. The Bertz CT molecular complexity index is 836. The SMILES string of the molecule is CC=C(CCC(C)C1CCC2(C)C3=CCC4CC(OC(C)=O)CCC4(C)C3CCC12C)C(C)C. The van der Waals surface area contributed by atoms with Crippen LogP contribution in [-0.4, -0.2) is 12.1 Å². The third-order valence-corrected chi connectivity index (χ3v) is 11.9. The van der Waals surface area contributed by atoms with E-state index in [4.69, 9.17) is 4.74 Å². The van der Waals surface area contributed by atoms with E-state index < -0.39 is 0 Å². The van der Waals surface area contributed by atoms with Crippen LogP contribution in [0.15, 0.2) is 23.3 Å². The van der Waals surface area contributed by atoms with E-state index in [0.29, 0.717) is 28.1 Å². The molecule has 0 N–H and O–H groups in total. The van der Waals surface area contributed by atoms with Crippen molar-refractivity contribution in [1.29, 1.82) is 0 Å². The fourth-order valence-electron chi connectivity index (χ4n) is 9.52. The lowest BCUT2D eigenvalue weighted by Crippen LogP contribution is -2.53. The third-order valence-electron chi connectivity index (χ3n) is 11.9. The lowest BCUT2D eigenvalue weighted by molar-refractivity contribution is -0.152. The van der Waals surface area contributed by atoms with Gasteiger partial charge in [-0.3, -0.25) is 4.79 Å². The van der Waals surface area contributed by atoms with E-state index in [0.717, 1.165) is 30.6 Å². The van der Waals surface area contributed by atoms with Gasteiger partial charge in [0.05, 0.1) is 0 Å². The quantitative estimate of drug-likeness (QED) is 0.287. The van der Waals surface area contributed by atoms with Crippen LogP contribution < -0.4 is 0 Å². The highest BCUT2D eigenvalue weighted by Crippen LogP contribution is 2.72. The number of carbonyl (C=O) groups excluding carboxylic acids is 1. The molecule has 4 rings (SSSR count). The summed E-state index contributed by atoms with van der Waals surface area (Å²) in [5.74, 6) is 3.60. The summed E-state index contributed by atoms with van der Waals surface area (Å²) in [7, 11) is 0. The summed E-state index contributed by atoms with van der Waals surface area (Å²) < 4.78 is 5.67. The predicted molar refractivity (Wildman–Crippen MR) is 142 cm³/mol. The maximum atomic E-state index is 11.6. The zero-order valence-corrected chi connectivity index (χ0v) is 23.5. The van der Waals surface area contributed by atoms with Gasteiger partial charge in [-0.1, -0.05) is 64.8 Å². The second-order valence-electron chi connectivity index (χ2n) is 13.6. The van der Waals surface area contributed by atoms with Crippen LogP contribution in [-0.2, 0) is 9.53 Å². The van der Waals surface area contributed by atoms with Gasteiger partial charge in [-0.25, -0.2) is 0 Å². The standard InChI is InChI=1S/C32H52O2/c1-9-24(21(2)3)11-10-22(4)27-15-18-32(8)29-13-12-25-20-26(34-23(5)33)14-17-30(25,6)28(29)16-19-31(27,32)7/h9,13,21-22,25-28H,10-12,14-20H2,1-8H3. The van der Waals surface area contributed by atoms with E-state index in [-0.39, 0.29) is 12.1 Å². The molecule has 192 valence electrons. The summed E-state index contributed by atoms with van der Waals surface area (Å²) in [6, 6.07) is 0. The normalized spacial score (nSPS) is 43.0. The van der Waals surface area contributed by atoms with Gasteiger partial charge >= 0.3 is 5.97 Å². The Kier molecular flexibility index (Phi) is 7.22. The predicted octanol–water partition coefficient (Wildman–Crippen LogP) is 8.91. The van der Waals surface area contributed by atoms with E-state index in [1.54, 1.807) is 12.5 Å². The summed E-state index contributed by atoms with van der Waals surface area (Å²) >= 11 is 0. The maximum absolute atomic E-state index is 11.6. The van der Waals surface area contributed by atoms with Crippen molar-refractivity contribution in [2.45, 2.75) is 126 Å². The molecular formula is C32H52O2. The molecule has 3 saturated carbocycles. The first-order valence-electron chi connectivity index (χ1n) is 14.5. The molecule has 34 heavy (non-hydrogen) atoms. The van der Waals surface area contributed by atoms with E-state index in [9.17, 15) is 4.79 Å². The smallest absolute Gasteiger partial charge is 0.302 e. The Hall–Kier alpha value is -1.05. The second kappa shape index (κ2) is 9.44. The lowest BCUT2D eigenvalue weighted by Gasteiger charge is -2.61. The third kappa shape index (κ3) is 4.13. The Morgan fingerprint density at radius 1 is 1.12 bits per heavy atom. The molecule has 0 radical (unpaired) electrons. The minimum atomic E-state index is -0.109. The highest BCUT2D eigenvalue weighted by Gasteiger charge is 2.63. The molecule has 0 aromatic carbocycles. The van der Waals surface area contributed by atoms with E-state index >= 15 is 0 Å². The molecule has 8 atom stereocenters. The number of hydrogen-bond acceptors (Lipinski definition) is 2. The number of carbonyl (C=O) groups is 1. The summed E-state index contributed by atoms with van der Waals surface area (Å²) in [5.41, 5.74) is 4.64. The molecule has 0 bridgehead atoms. The number of ether oxygens (including phenoxy) is 1. The average Bonchev–Trinajstić information content (AvgIpc) is 3.05. The van der Waals surface area contributed by atoms with Crippen LogP contribution in [0.5, 0.6) is 0 Å². The van der Waals surface area contributed by atoms with Gasteiger partial charge in [0.25, 0.3) is 0 Å². The first kappa shape index (κ1) is 26.0. The summed E-state index contributed by atoms with van der Waals surface area (Å²) in [6.07, 6.45) is 17.8. The van der Waals surface area contributed by atoms with Crippen LogP contribution in [0.1, 0.15) is 120 Å². The average molecular weight is 469 g/mol. The Labute approximate surface area is 210 Å². The van der Waals surface area contributed by atoms with Crippen molar-refractivity contribution >= 4 is 5.97 Å². The Balaban J connectivity index is 1.53. The van der Waals surface area contributed by atoms with Gasteiger partial charge in [-0.05, 0) is 117 Å². The van der Waals surface area contributed by atoms with Crippen LogP contribution in [0.3, 0.4) is 0 Å². The van der Waals surface area contributed by atoms with Gasteiger partial charge in [0.1, 0.15) is 6.10 Å². The van der Waals surface area contributed by atoms with Gasteiger partial charge in [-0.15, -0.1) is 0 Å². The van der Waals surface area contributed by atoms with Crippen molar-refractivity contribution in [2.24, 2.45) is 45.8 Å². The fraction of sp³-hybridized carbons (Fsp3) is 0.844. The lowest BCUT2D eigenvalue weighted by atomic mass is 9.43. The van der Waals surface area contributed by atoms with Gasteiger partial charge in [-0.2, -0.15) is 0 Å². The zero-order chi connectivity index (χ0) is 24.9. The number of esters is 1. The molecule has 0 aromatic rings. The molecule has 3 fully saturated rings. The van der Waals surface area contributed by atoms with Gasteiger partial charge in [0.15, 0.2) is 0 Å². The van der Waals surface area contributed by atoms with Crippen molar-refractivity contribution in [3.05, 3.63) is 23.3 Å². The molecule has 0 spiro atoms. The fourth-order valence-corrected chi connectivity index (χ4v) is 9.52. The van der Waals surface area contributed by atoms with Crippen molar-refractivity contribution in [3.8, 4) is 0 Å². The molecule has 0 amide bonds. The van der Waals surface area contributed by atoms with Crippen LogP contribution in [0.4, 0.5) is 0 Å². The highest BCUT2D eigenvalue weighted by atomic mass is 16.5. The van der Waals surface area contributed by atoms with Crippen LogP contribution >= 0.6 is 0 Å². The topological polar surface area (TPSA) is 26.3 Å². The number of allylic oxidation sites excluding steroid dienone is 4. The minimum Gasteiger partial charge on any atom is -0.463 e. The number of hydrogen-bond donors (Lipinski definition) is 0. The first-order chi connectivity index (χ1) is 16.0. The summed E-state index contributed by atoms with van der Waals surface area (Å²) in [5, 5.41) is 0. The number of fused-ring (bicyclic) bond motifs is 5. The summed E-state index contributed by atoms with van der Waals surface area (Å²) in [6.45, 7) is 18.9. The highest BCUT2D eigenvalue weighted by molar-refractivity contribution is 5.66. The Morgan fingerprint density at radius 3 is 2.50 bits per heavy atom. The first-order valence-corrected chi connectivity index (χ1v) is 14.5. The monoisotopic (exact) mass is 468 g/mol. The maximum Gasteiger partial charge on any atom is 0.302 e. The van der Waals surface area contributed by atoms with Crippen molar-refractivity contribution in [2.75, 3.05) is 0 Å². The molecule has 4 aliphatic rings. The van der Waals surface area contributed by atoms with Crippen LogP contribution in [0.2, 0.25) is 0 Å². The zero-order valence-electron chi connectivity index (χ0n) is 23.5. The Morgan fingerprint density at radius 2 is 1.85 bits per heavy atom. The van der Waals surface area contributed by atoms with Gasteiger partial charge in [0.2, 0.25) is 0 Å². The molecule has 0 heterocycles. The van der Waals surface area contributed by atoms with Crippen molar-refractivity contribution in [1.82, 2.24) is 0 Å². The molecular weight excluding hydrogens is 416 g/mol. The molecule has 4 aliphatic carbocycles. The van der Waals surface area contributed by atoms with Crippen LogP contribution in [0.25, 0.3) is 0 Å². The molecule has 0 saturated heterocycles. The van der Waals surface area contributed by atoms with E-state index in [1.807, 2.05) is 5.57 Å². The van der Waals surface area contributed by atoms with Crippen molar-refractivity contribution in [3.63, 3.8) is 0 Å². The van der Waals surface area contributed by atoms with E-state index in [1.165, 1.54) is 51.4 Å². The second-order valence-corrected chi connectivity index (χ2v) is 13.6. The van der Waals surface area contributed by atoms with Crippen LogP contribution in [0, 0.1) is 45.8 Å². The largest absolute Gasteiger partial charge is 0.463 e.